The van der Waals surface area contributed by atoms with Gasteiger partial charge in [-0.25, -0.2) is 0 Å². The molecular weight excluding hydrogens is 204 g/mol. The molecule has 4 heteroatoms. The van der Waals surface area contributed by atoms with Gasteiger partial charge in [-0.1, -0.05) is 20.3 Å². The summed E-state index contributed by atoms with van der Waals surface area (Å²) < 4.78 is 5.00. The predicted octanol–water partition coefficient (Wildman–Crippen LogP) is 1.24. The molecule has 4 nitrogen and oxygen atoms in total. The first-order valence-corrected chi connectivity index (χ1v) is 6.00. The maximum Gasteiger partial charge on any atom is 0.240 e. The number of amides is 1. The topological polar surface area (TPSA) is 55.6 Å². The van der Waals surface area contributed by atoms with Crippen LogP contribution in [0.1, 0.15) is 34.1 Å². The van der Waals surface area contributed by atoms with E-state index in [9.17, 15) is 4.79 Å². The zero-order valence-electron chi connectivity index (χ0n) is 11.2. The first-order chi connectivity index (χ1) is 7.45. The molecule has 0 bridgehead atoms. The second-order valence-corrected chi connectivity index (χ2v) is 4.53. The fourth-order valence-electron chi connectivity index (χ4n) is 1.50. The Morgan fingerprint density at radius 1 is 1.38 bits per heavy atom. The van der Waals surface area contributed by atoms with Gasteiger partial charge in [0.2, 0.25) is 5.91 Å². The number of nitrogens with zero attached hydrogens (tertiary/aromatic N) is 1. The Morgan fingerprint density at radius 3 is 2.31 bits per heavy atom. The molecule has 0 saturated heterocycles. The maximum absolute atomic E-state index is 12.1. The first kappa shape index (κ1) is 15.4. The molecule has 0 saturated carbocycles. The van der Waals surface area contributed by atoms with Crippen molar-refractivity contribution in [2.24, 2.45) is 11.7 Å². The van der Waals surface area contributed by atoms with Gasteiger partial charge in [0.15, 0.2) is 0 Å². The van der Waals surface area contributed by atoms with Crippen molar-refractivity contribution in [2.45, 2.75) is 46.2 Å². The van der Waals surface area contributed by atoms with Crippen molar-refractivity contribution >= 4 is 5.91 Å². The van der Waals surface area contributed by atoms with Crippen LogP contribution in [0.15, 0.2) is 0 Å². The molecule has 16 heavy (non-hydrogen) atoms. The molecule has 1 amide bonds. The molecule has 0 aliphatic rings. The van der Waals surface area contributed by atoms with Crippen molar-refractivity contribution in [3.63, 3.8) is 0 Å². The number of methoxy groups -OCH3 is 1. The Kier molecular flexibility index (Phi) is 7.34. The van der Waals surface area contributed by atoms with E-state index < -0.39 is 6.04 Å². The molecule has 0 aromatic carbocycles. The normalized spacial score (nSPS) is 14.9. The fraction of sp³-hybridized carbons (Fsp3) is 0.917. The van der Waals surface area contributed by atoms with Crippen LogP contribution in [0.2, 0.25) is 0 Å². The van der Waals surface area contributed by atoms with Gasteiger partial charge in [-0.15, -0.1) is 0 Å². The van der Waals surface area contributed by atoms with Crippen LogP contribution >= 0.6 is 0 Å². The Morgan fingerprint density at radius 2 is 1.94 bits per heavy atom. The highest BCUT2D eigenvalue weighted by atomic mass is 16.5. The van der Waals surface area contributed by atoms with Crippen molar-refractivity contribution in [3.8, 4) is 0 Å². The zero-order valence-corrected chi connectivity index (χ0v) is 11.2. The standard InChI is InChI=1S/C12H26N2O2/c1-6-10(4)11(13)12(15)14(9(2)3)7-8-16-5/h9-11H,6-8,13H2,1-5H3/t10?,11-/m0/s1. The Hall–Kier alpha value is -0.610. The van der Waals surface area contributed by atoms with Crippen LogP contribution in [0.5, 0.6) is 0 Å². The van der Waals surface area contributed by atoms with Gasteiger partial charge in [0.25, 0.3) is 0 Å². The Bertz CT molecular complexity index is 207. The number of carbonyl (C=O) groups is 1. The molecule has 0 rings (SSSR count). The largest absolute Gasteiger partial charge is 0.383 e. The second kappa shape index (κ2) is 7.63. The van der Waals surface area contributed by atoms with E-state index in [0.717, 1.165) is 6.42 Å². The van der Waals surface area contributed by atoms with Gasteiger partial charge in [-0.05, 0) is 19.8 Å². The van der Waals surface area contributed by atoms with E-state index in [-0.39, 0.29) is 17.9 Å². The van der Waals surface area contributed by atoms with Crippen molar-refractivity contribution in [2.75, 3.05) is 20.3 Å². The van der Waals surface area contributed by atoms with Gasteiger partial charge in [-0.2, -0.15) is 0 Å². The van der Waals surface area contributed by atoms with Crippen LogP contribution in [0, 0.1) is 5.92 Å². The minimum Gasteiger partial charge on any atom is -0.383 e. The van der Waals surface area contributed by atoms with Gasteiger partial charge in [0.1, 0.15) is 0 Å². The highest BCUT2D eigenvalue weighted by Gasteiger charge is 2.26. The third-order valence-electron chi connectivity index (χ3n) is 2.98. The smallest absolute Gasteiger partial charge is 0.240 e. The molecule has 0 heterocycles. The fourth-order valence-corrected chi connectivity index (χ4v) is 1.50. The van der Waals surface area contributed by atoms with E-state index in [1.165, 1.54) is 0 Å². The quantitative estimate of drug-likeness (QED) is 0.716. The average Bonchev–Trinajstić information content (AvgIpc) is 2.26. The average molecular weight is 230 g/mol. The van der Waals surface area contributed by atoms with Crippen LogP contribution in [0.25, 0.3) is 0 Å². The molecule has 0 aliphatic heterocycles. The van der Waals surface area contributed by atoms with Gasteiger partial charge >= 0.3 is 0 Å². The molecule has 0 fully saturated rings. The second-order valence-electron chi connectivity index (χ2n) is 4.53. The van der Waals surface area contributed by atoms with Crippen molar-refractivity contribution < 1.29 is 9.53 Å². The number of ether oxygens (including phenoxy) is 1. The van der Waals surface area contributed by atoms with Crippen molar-refractivity contribution in [1.82, 2.24) is 4.90 Å². The lowest BCUT2D eigenvalue weighted by Crippen LogP contribution is -2.50. The van der Waals surface area contributed by atoms with Crippen LogP contribution < -0.4 is 5.73 Å². The van der Waals surface area contributed by atoms with Crippen molar-refractivity contribution in [3.05, 3.63) is 0 Å². The molecule has 0 aliphatic carbocycles. The van der Waals surface area contributed by atoms with Crippen LogP contribution in [-0.2, 0) is 9.53 Å². The molecule has 0 spiro atoms. The van der Waals surface area contributed by atoms with E-state index in [1.54, 1.807) is 12.0 Å². The Labute approximate surface area is 99.1 Å². The monoisotopic (exact) mass is 230 g/mol. The lowest BCUT2D eigenvalue weighted by atomic mass is 9.98. The van der Waals surface area contributed by atoms with E-state index in [2.05, 4.69) is 0 Å². The van der Waals surface area contributed by atoms with Crippen molar-refractivity contribution in [1.29, 1.82) is 0 Å². The number of rotatable bonds is 7. The molecule has 0 aromatic heterocycles. The van der Waals surface area contributed by atoms with E-state index >= 15 is 0 Å². The van der Waals surface area contributed by atoms with Crippen LogP contribution in [-0.4, -0.2) is 43.2 Å². The molecular formula is C12H26N2O2. The third kappa shape index (κ3) is 4.49. The highest BCUT2D eigenvalue weighted by Crippen LogP contribution is 2.10. The van der Waals surface area contributed by atoms with Gasteiger partial charge in [0, 0.05) is 19.7 Å². The van der Waals surface area contributed by atoms with E-state index in [4.69, 9.17) is 10.5 Å². The summed E-state index contributed by atoms with van der Waals surface area (Å²) in [4.78, 5) is 13.9. The molecule has 96 valence electrons. The summed E-state index contributed by atoms with van der Waals surface area (Å²) in [6, 6.07) is -0.234. The summed E-state index contributed by atoms with van der Waals surface area (Å²) in [6.07, 6.45) is 0.920. The van der Waals surface area contributed by atoms with Gasteiger partial charge < -0.3 is 15.4 Å². The molecule has 0 aromatic rings. The molecule has 2 atom stereocenters. The minimum absolute atomic E-state index is 0.0291. The summed E-state index contributed by atoms with van der Waals surface area (Å²) in [5, 5.41) is 0. The summed E-state index contributed by atoms with van der Waals surface area (Å²) in [5.41, 5.74) is 5.95. The summed E-state index contributed by atoms with van der Waals surface area (Å²) in [6.45, 7) is 9.21. The zero-order chi connectivity index (χ0) is 12.7. The Balaban J connectivity index is 4.48. The number of carbonyl (C=O) groups excluding carboxylic acids is 1. The number of hydrogen-bond donors (Lipinski definition) is 1. The van der Waals surface area contributed by atoms with Gasteiger partial charge in [0.05, 0.1) is 12.6 Å². The SMILES string of the molecule is CCC(C)[C@H](N)C(=O)N(CCOC)C(C)C. The lowest BCUT2D eigenvalue weighted by Gasteiger charge is -2.31. The highest BCUT2D eigenvalue weighted by molar-refractivity contribution is 5.82. The number of nitrogens with two attached hydrogens (primary N) is 1. The molecule has 0 radical (unpaired) electrons. The van der Waals surface area contributed by atoms with Crippen LogP contribution in [0.4, 0.5) is 0 Å². The van der Waals surface area contributed by atoms with E-state index in [1.807, 2.05) is 27.7 Å². The van der Waals surface area contributed by atoms with E-state index in [0.29, 0.717) is 13.2 Å². The number of hydrogen-bond acceptors (Lipinski definition) is 3. The van der Waals surface area contributed by atoms with Gasteiger partial charge in [-0.3, -0.25) is 4.79 Å². The first-order valence-electron chi connectivity index (χ1n) is 6.00. The molecule has 1 unspecified atom stereocenters. The summed E-state index contributed by atoms with van der Waals surface area (Å²) in [7, 11) is 1.64. The predicted molar refractivity (Wildman–Crippen MR) is 66.2 cm³/mol. The summed E-state index contributed by atoms with van der Waals surface area (Å²) in [5.74, 6) is 0.248. The summed E-state index contributed by atoms with van der Waals surface area (Å²) >= 11 is 0. The third-order valence-corrected chi connectivity index (χ3v) is 2.98. The minimum atomic E-state index is -0.399. The van der Waals surface area contributed by atoms with Crippen LogP contribution in [0.3, 0.4) is 0 Å². The maximum atomic E-state index is 12.1. The molecule has 2 N–H and O–H groups in total. The lowest BCUT2D eigenvalue weighted by molar-refractivity contribution is -0.136.